The number of hydrogen-bond donors (Lipinski definition) is 0. The van der Waals surface area contributed by atoms with Crippen LogP contribution in [-0.4, -0.2) is 60.2 Å². The average Bonchev–Trinajstić information content (AvgIpc) is 2.60. The van der Waals surface area contributed by atoms with Crippen molar-refractivity contribution >= 4 is 29.9 Å². The van der Waals surface area contributed by atoms with Crippen LogP contribution in [0.25, 0.3) is 0 Å². The van der Waals surface area contributed by atoms with Gasteiger partial charge in [0, 0.05) is 24.7 Å². The normalized spacial score (nSPS) is 11.0. The van der Waals surface area contributed by atoms with Crippen molar-refractivity contribution in [3.05, 3.63) is 22.2 Å². The highest BCUT2D eigenvalue weighted by atomic mass is 79.9. The molecular formula is C18H26BrNO5Si. The van der Waals surface area contributed by atoms with Gasteiger partial charge < -0.3 is 18.9 Å². The first-order chi connectivity index (χ1) is 12.2. The zero-order chi connectivity index (χ0) is 19.9. The highest BCUT2D eigenvalue weighted by molar-refractivity contribution is 9.10. The van der Waals surface area contributed by atoms with E-state index in [1.54, 1.807) is 12.1 Å². The molecular weight excluding hydrogens is 418 g/mol. The SMILES string of the molecule is COc1ccc(Br)c(C(=O)N(C#C[Si](C)(C)C)CC(OC)OC)c1OC. The lowest BCUT2D eigenvalue weighted by Crippen LogP contribution is -2.36. The maximum atomic E-state index is 13.3. The summed E-state index contributed by atoms with van der Waals surface area (Å²) in [6.07, 6.45) is -0.592. The molecule has 0 saturated carbocycles. The predicted molar refractivity (Wildman–Crippen MR) is 107 cm³/mol. The van der Waals surface area contributed by atoms with E-state index in [2.05, 4.69) is 47.2 Å². The number of rotatable bonds is 7. The molecule has 0 bridgehead atoms. The monoisotopic (exact) mass is 443 g/mol. The Morgan fingerprint density at radius 1 is 1.15 bits per heavy atom. The fraction of sp³-hybridized carbons (Fsp3) is 0.500. The van der Waals surface area contributed by atoms with E-state index in [1.807, 2.05) is 0 Å². The summed E-state index contributed by atoms with van der Waals surface area (Å²) in [5.41, 5.74) is 3.54. The van der Waals surface area contributed by atoms with Crippen molar-refractivity contribution in [3.63, 3.8) is 0 Å². The molecule has 0 fully saturated rings. The van der Waals surface area contributed by atoms with E-state index in [9.17, 15) is 4.79 Å². The quantitative estimate of drug-likeness (QED) is 0.279. The van der Waals surface area contributed by atoms with Gasteiger partial charge in [-0.1, -0.05) is 19.6 Å². The predicted octanol–water partition coefficient (Wildman–Crippen LogP) is 3.37. The maximum Gasteiger partial charge on any atom is 0.270 e. The van der Waals surface area contributed by atoms with Crippen molar-refractivity contribution in [2.45, 2.75) is 25.9 Å². The molecule has 0 aliphatic carbocycles. The lowest BCUT2D eigenvalue weighted by atomic mass is 10.1. The molecule has 1 rings (SSSR count). The Labute approximate surface area is 164 Å². The summed E-state index contributed by atoms with van der Waals surface area (Å²) in [6, 6.07) is 6.46. The largest absolute Gasteiger partial charge is 0.493 e. The van der Waals surface area contributed by atoms with Crippen LogP contribution in [0.4, 0.5) is 0 Å². The minimum Gasteiger partial charge on any atom is -0.493 e. The van der Waals surface area contributed by atoms with Crippen LogP contribution in [0.1, 0.15) is 10.4 Å². The summed E-state index contributed by atoms with van der Waals surface area (Å²) in [7, 11) is 4.36. The molecule has 0 heterocycles. The van der Waals surface area contributed by atoms with Crippen LogP contribution in [0.2, 0.25) is 19.6 Å². The zero-order valence-electron chi connectivity index (χ0n) is 16.3. The van der Waals surface area contributed by atoms with Crippen molar-refractivity contribution in [2.75, 3.05) is 35.0 Å². The molecule has 144 valence electrons. The van der Waals surface area contributed by atoms with Gasteiger partial charge in [-0.15, -0.1) is 5.54 Å². The summed E-state index contributed by atoms with van der Waals surface area (Å²) in [5.74, 6) is 0.489. The van der Waals surface area contributed by atoms with E-state index in [-0.39, 0.29) is 12.5 Å². The summed E-state index contributed by atoms with van der Waals surface area (Å²) in [5, 5.41) is 0. The minimum atomic E-state index is -1.70. The highest BCUT2D eigenvalue weighted by Crippen LogP contribution is 2.36. The molecule has 1 amide bonds. The number of carbonyl (C=O) groups is 1. The van der Waals surface area contributed by atoms with Crippen LogP contribution in [-0.2, 0) is 9.47 Å². The van der Waals surface area contributed by atoms with Crippen molar-refractivity contribution < 1.29 is 23.7 Å². The number of nitrogens with zero attached hydrogens (tertiary/aromatic N) is 1. The first-order valence-corrected chi connectivity index (χ1v) is 12.3. The van der Waals surface area contributed by atoms with Gasteiger partial charge in [-0.25, -0.2) is 0 Å². The molecule has 6 nitrogen and oxygen atoms in total. The molecule has 0 saturated heterocycles. The van der Waals surface area contributed by atoms with Crippen LogP contribution >= 0.6 is 15.9 Å². The van der Waals surface area contributed by atoms with Gasteiger partial charge in [0.05, 0.1) is 20.8 Å². The molecule has 0 aliphatic heterocycles. The second-order valence-corrected chi connectivity index (χ2v) is 12.1. The fourth-order valence-electron chi connectivity index (χ4n) is 2.05. The number of carbonyl (C=O) groups excluding carboxylic acids is 1. The number of amides is 1. The minimum absolute atomic E-state index is 0.163. The smallest absolute Gasteiger partial charge is 0.270 e. The Morgan fingerprint density at radius 3 is 2.23 bits per heavy atom. The molecule has 0 atom stereocenters. The Kier molecular flexibility index (Phi) is 8.63. The first-order valence-electron chi connectivity index (χ1n) is 7.99. The molecule has 0 unspecified atom stereocenters. The molecule has 0 N–H and O–H groups in total. The molecule has 0 radical (unpaired) electrons. The summed E-state index contributed by atoms with van der Waals surface area (Å²) in [6.45, 7) is 6.48. The maximum absolute atomic E-state index is 13.3. The molecule has 1 aromatic carbocycles. The number of methoxy groups -OCH3 is 4. The molecule has 1 aromatic rings. The van der Waals surface area contributed by atoms with Crippen LogP contribution in [0, 0.1) is 11.6 Å². The summed E-state index contributed by atoms with van der Waals surface area (Å²) in [4.78, 5) is 14.7. The number of halogens is 1. The van der Waals surface area contributed by atoms with Gasteiger partial charge in [0.15, 0.2) is 17.8 Å². The van der Waals surface area contributed by atoms with Gasteiger partial charge in [-0.2, -0.15) is 0 Å². The summed E-state index contributed by atoms with van der Waals surface area (Å²) < 4.78 is 21.8. The van der Waals surface area contributed by atoms with Gasteiger partial charge in [0.1, 0.15) is 13.6 Å². The third-order valence-corrected chi connectivity index (χ3v) is 4.90. The first kappa shape index (κ1) is 22.5. The lowest BCUT2D eigenvalue weighted by molar-refractivity contribution is -0.107. The number of benzene rings is 1. The average molecular weight is 444 g/mol. The van der Waals surface area contributed by atoms with Crippen LogP contribution in [0.5, 0.6) is 11.5 Å². The van der Waals surface area contributed by atoms with Crippen molar-refractivity contribution in [1.29, 1.82) is 0 Å². The van der Waals surface area contributed by atoms with Crippen molar-refractivity contribution in [2.24, 2.45) is 0 Å². The second kappa shape index (κ2) is 9.97. The topological polar surface area (TPSA) is 57.2 Å². The van der Waals surface area contributed by atoms with Crippen molar-refractivity contribution in [3.8, 4) is 23.1 Å². The number of ether oxygens (including phenoxy) is 4. The lowest BCUT2D eigenvalue weighted by Gasteiger charge is -2.23. The molecule has 0 aromatic heterocycles. The van der Waals surface area contributed by atoms with Gasteiger partial charge >= 0.3 is 0 Å². The van der Waals surface area contributed by atoms with E-state index < -0.39 is 14.4 Å². The highest BCUT2D eigenvalue weighted by Gasteiger charge is 2.27. The van der Waals surface area contributed by atoms with Crippen LogP contribution in [0.15, 0.2) is 16.6 Å². The van der Waals surface area contributed by atoms with Gasteiger partial charge in [0.2, 0.25) is 0 Å². The Morgan fingerprint density at radius 2 is 1.77 bits per heavy atom. The van der Waals surface area contributed by atoms with Gasteiger partial charge in [0.25, 0.3) is 5.91 Å². The van der Waals surface area contributed by atoms with E-state index in [0.29, 0.717) is 21.5 Å². The van der Waals surface area contributed by atoms with Crippen molar-refractivity contribution in [1.82, 2.24) is 4.90 Å². The van der Waals surface area contributed by atoms with E-state index >= 15 is 0 Å². The third-order valence-electron chi connectivity index (χ3n) is 3.38. The molecule has 0 spiro atoms. The summed E-state index contributed by atoms with van der Waals surface area (Å²) >= 11 is 3.43. The Bertz CT molecular complexity index is 689. The molecule has 8 heteroatoms. The van der Waals surface area contributed by atoms with E-state index in [1.165, 1.54) is 33.3 Å². The zero-order valence-corrected chi connectivity index (χ0v) is 18.9. The fourth-order valence-corrected chi connectivity index (χ4v) is 3.00. The standard InChI is InChI=1S/C18H26BrNO5Si/c1-22-14-9-8-13(19)16(17(14)25-4)18(21)20(10-11-26(5,6)7)12-15(23-2)24-3/h8-9,15H,12H2,1-7H3. The number of hydrogen-bond acceptors (Lipinski definition) is 5. The Balaban J connectivity index is 3.42. The van der Waals surface area contributed by atoms with Crippen LogP contribution < -0.4 is 9.47 Å². The molecule has 26 heavy (non-hydrogen) atoms. The Hall–Kier alpha value is -1.53. The van der Waals surface area contributed by atoms with Gasteiger partial charge in [-0.3, -0.25) is 9.69 Å². The van der Waals surface area contributed by atoms with E-state index in [4.69, 9.17) is 18.9 Å². The van der Waals surface area contributed by atoms with E-state index in [0.717, 1.165) is 0 Å². The molecule has 0 aliphatic rings. The third kappa shape index (κ3) is 6.02. The van der Waals surface area contributed by atoms with Gasteiger partial charge in [-0.05, 0) is 28.1 Å². The second-order valence-electron chi connectivity index (χ2n) is 6.46. The van der Waals surface area contributed by atoms with Crippen LogP contribution in [0.3, 0.4) is 0 Å².